The van der Waals surface area contributed by atoms with E-state index in [1.165, 1.54) is 32.4 Å². The van der Waals surface area contributed by atoms with Gasteiger partial charge in [0.1, 0.15) is 0 Å². The molecule has 5 heteroatoms. The first-order chi connectivity index (χ1) is 8.70. The molecule has 0 aliphatic carbocycles. The number of likely N-dealkylation sites (tertiary alicyclic amines) is 1. The average Bonchev–Trinajstić information content (AvgIpc) is 2.85. The Balaban J connectivity index is 1.85. The molecule has 102 valence electrons. The lowest BCUT2D eigenvalue weighted by molar-refractivity contribution is 0.207. The van der Waals surface area contributed by atoms with Crippen LogP contribution in [-0.2, 0) is 6.54 Å². The topological polar surface area (TPSA) is 67.3 Å². The van der Waals surface area contributed by atoms with Gasteiger partial charge in [-0.05, 0) is 45.3 Å². The Morgan fingerprint density at radius 1 is 1.50 bits per heavy atom. The van der Waals surface area contributed by atoms with E-state index in [9.17, 15) is 0 Å². The molecular weight excluding hydrogens is 228 g/mol. The molecule has 5 nitrogen and oxygen atoms in total. The Morgan fingerprint density at radius 2 is 2.22 bits per heavy atom. The summed E-state index contributed by atoms with van der Waals surface area (Å²) in [5.74, 6) is 0.807. The summed E-state index contributed by atoms with van der Waals surface area (Å²) in [6.07, 6.45) is 7.32. The number of nitrogens with two attached hydrogens (primary N) is 1. The van der Waals surface area contributed by atoms with E-state index in [-0.39, 0.29) is 12.6 Å². The molecule has 0 spiro atoms. The highest BCUT2D eigenvalue weighted by molar-refractivity contribution is 5.04. The normalized spacial score (nSPS) is 20.2. The van der Waals surface area contributed by atoms with Crippen LogP contribution in [0, 0.1) is 5.92 Å². The number of aliphatic hydroxyl groups is 1. The van der Waals surface area contributed by atoms with Crippen LogP contribution in [0.25, 0.3) is 0 Å². The molecule has 0 amide bonds. The maximum Gasteiger partial charge on any atom is 0.0948 e. The van der Waals surface area contributed by atoms with Crippen molar-refractivity contribution in [2.45, 2.75) is 31.8 Å². The SMILES string of the molecule is CN1CCC(CCn2cncc2C(N)CO)CC1. The molecule has 3 N–H and O–H groups in total. The first-order valence-corrected chi connectivity index (χ1v) is 6.75. The lowest BCUT2D eigenvalue weighted by atomic mass is 9.94. The number of aliphatic hydroxyl groups excluding tert-OH is 1. The monoisotopic (exact) mass is 252 g/mol. The van der Waals surface area contributed by atoms with Gasteiger partial charge in [-0.2, -0.15) is 0 Å². The molecule has 0 saturated carbocycles. The maximum atomic E-state index is 9.11. The standard InChI is InChI=1S/C13H24N4O/c1-16-5-2-11(3-6-16)4-7-17-10-15-8-13(17)12(14)9-18/h8,10-12,18H,2-7,9,14H2,1H3. The molecule has 1 aromatic heterocycles. The summed E-state index contributed by atoms with van der Waals surface area (Å²) < 4.78 is 2.08. The van der Waals surface area contributed by atoms with E-state index in [2.05, 4.69) is 21.5 Å². The van der Waals surface area contributed by atoms with E-state index in [0.29, 0.717) is 0 Å². The molecule has 1 aliphatic heterocycles. The molecule has 0 bridgehead atoms. The second-order valence-corrected chi connectivity index (χ2v) is 5.34. The first kappa shape index (κ1) is 13.5. The fourth-order valence-corrected chi connectivity index (χ4v) is 2.59. The number of piperidine rings is 1. The average molecular weight is 252 g/mol. The maximum absolute atomic E-state index is 9.11. The van der Waals surface area contributed by atoms with Crippen molar-refractivity contribution in [3.8, 4) is 0 Å². The van der Waals surface area contributed by atoms with E-state index < -0.39 is 0 Å². The van der Waals surface area contributed by atoms with E-state index in [1.54, 1.807) is 6.20 Å². The lowest BCUT2D eigenvalue weighted by Crippen LogP contribution is -2.30. The van der Waals surface area contributed by atoms with Crippen molar-refractivity contribution < 1.29 is 5.11 Å². The van der Waals surface area contributed by atoms with Crippen molar-refractivity contribution in [1.82, 2.24) is 14.5 Å². The highest BCUT2D eigenvalue weighted by Crippen LogP contribution is 2.21. The number of hydrogen-bond donors (Lipinski definition) is 2. The van der Waals surface area contributed by atoms with Crippen LogP contribution in [0.1, 0.15) is 31.0 Å². The quantitative estimate of drug-likeness (QED) is 0.805. The zero-order chi connectivity index (χ0) is 13.0. The summed E-state index contributed by atoms with van der Waals surface area (Å²) in [6, 6.07) is -0.315. The van der Waals surface area contributed by atoms with Crippen molar-refractivity contribution in [2.75, 3.05) is 26.7 Å². The van der Waals surface area contributed by atoms with Gasteiger partial charge in [-0.3, -0.25) is 0 Å². The molecule has 2 rings (SSSR count). The van der Waals surface area contributed by atoms with Gasteiger partial charge in [0, 0.05) is 12.7 Å². The highest BCUT2D eigenvalue weighted by atomic mass is 16.3. The zero-order valence-electron chi connectivity index (χ0n) is 11.1. The number of nitrogens with zero attached hydrogens (tertiary/aromatic N) is 3. The Bertz CT molecular complexity index is 358. The molecule has 18 heavy (non-hydrogen) atoms. The van der Waals surface area contributed by atoms with Gasteiger partial charge >= 0.3 is 0 Å². The number of imidazole rings is 1. The van der Waals surface area contributed by atoms with Crippen LogP contribution < -0.4 is 5.73 Å². The Hall–Kier alpha value is -0.910. The second kappa shape index (κ2) is 6.31. The number of aromatic nitrogens is 2. The van der Waals surface area contributed by atoms with Crippen LogP contribution in [0.2, 0.25) is 0 Å². The highest BCUT2D eigenvalue weighted by Gasteiger charge is 2.17. The largest absolute Gasteiger partial charge is 0.394 e. The zero-order valence-corrected chi connectivity index (χ0v) is 11.1. The number of aryl methyl sites for hydroxylation is 1. The van der Waals surface area contributed by atoms with Crippen LogP contribution in [0.3, 0.4) is 0 Å². The smallest absolute Gasteiger partial charge is 0.0948 e. The molecule has 1 aliphatic rings. The van der Waals surface area contributed by atoms with E-state index in [4.69, 9.17) is 10.8 Å². The summed E-state index contributed by atoms with van der Waals surface area (Å²) in [4.78, 5) is 6.52. The molecule has 0 radical (unpaired) electrons. The Labute approximate surface area is 109 Å². The van der Waals surface area contributed by atoms with Crippen LogP contribution in [0.4, 0.5) is 0 Å². The second-order valence-electron chi connectivity index (χ2n) is 5.34. The Kier molecular flexibility index (Phi) is 4.74. The molecule has 2 heterocycles. The fourth-order valence-electron chi connectivity index (χ4n) is 2.59. The van der Waals surface area contributed by atoms with Gasteiger partial charge in [0.15, 0.2) is 0 Å². The molecule has 1 fully saturated rings. The summed E-state index contributed by atoms with van der Waals surface area (Å²) >= 11 is 0. The van der Waals surface area contributed by atoms with Crippen LogP contribution in [0.5, 0.6) is 0 Å². The van der Waals surface area contributed by atoms with Gasteiger partial charge in [0.25, 0.3) is 0 Å². The number of hydrogen-bond acceptors (Lipinski definition) is 4. The third kappa shape index (κ3) is 3.31. The van der Waals surface area contributed by atoms with Gasteiger partial charge in [0.05, 0.1) is 24.7 Å². The third-order valence-electron chi connectivity index (χ3n) is 3.94. The third-order valence-corrected chi connectivity index (χ3v) is 3.94. The minimum Gasteiger partial charge on any atom is -0.394 e. The van der Waals surface area contributed by atoms with Crippen molar-refractivity contribution in [3.05, 3.63) is 18.2 Å². The van der Waals surface area contributed by atoms with Crippen LogP contribution in [0.15, 0.2) is 12.5 Å². The minimum atomic E-state index is -0.315. The van der Waals surface area contributed by atoms with Gasteiger partial charge in [-0.25, -0.2) is 4.98 Å². The first-order valence-electron chi connectivity index (χ1n) is 6.75. The van der Waals surface area contributed by atoms with Gasteiger partial charge in [0.2, 0.25) is 0 Å². The van der Waals surface area contributed by atoms with Gasteiger partial charge < -0.3 is 20.3 Å². The predicted molar refractivity (Wildman–Crippen MR) is 71.1 cm³/mol. The molecule has 1 unspecified atom stereocenters. The van der Waals surface area contributed by atoms with Crippen molar-refractivity contribution in [2.24, 2.45) is 11.7 Å². The van der Waals surface area contributed by atoms with Gasteiger partial charge in [-0.1, -0.05) is 0 Å². The molecule has 1 atom stereocenters. The van der Waals surface area contributed by atoms with Crippen LogP contribution in [-0.4, -0.2) is 46.3 Å². The van der Waals surface area contributed by atoms with E-state index >= 15 is 0 Å². The minimum absolute atomic E-state index is 0.0279. The summed E-state index contributed by atoms with van der Waals surface area (Å²) in [5.41, 5.74) is 6.78. The summed E-state index contributed by atoms with van der Waals surface area (Å²) in [7, 11) is 2.18. The van der Waals surface area contributed by atoms with Crippen molar-refractivity contribution >= 4 is 0 Å². The van der Waals surface area contributed by atoms with E-state index in [0.717, 1.165) is 18.2 Å². The van der Waals surface area contributed by atoms with Crippen LogP contribution >= 0.6 is 0 Å². The summed E-state index contributed by atoms with van der Waals surface area (Å²) in [5, 5.41) is 9.11. The number of rotatable bonds is 5. The molecule has 0 aromatic carbocycles. The Morgan fingerprint density at radius 3 is 2.89 bits per heavy atom. The van der Waals surface area contributed by atoms with E-state index in [1.807, 2.05) is 6.33 Å². The molecular formula is C13H24N4O. The molecule has 1 saturated heterocycles. The van der Waals surface area contributed by atoms with Gasteiger partial charge in [-0.15, -0.1) is 0 Å². The predicted octanol–water partition coefficient (Wildman–Crippen LogP) is 0.607. The lowest BCUT2D eigenvalue weighted by Gasteiger charge is -2.29. The fraction of sp³-hybridized carbons (Fsp3) is 0.769. The van der Waals surface area contributed by atoms with Crippen molar-refractivity contribution in [3.63, 3.8) is 0 Å². The summed E-state index contributed by atoms with van der Waals surface area (Å²) in [6.45, 7) is 3.34. The van der Waals surface area contributed by atoms with Crippen molar-refractivity contribution in [1.29, 1.82) is 0 Å². The molecule has 1 aromatic rings.